The lowest BCUT2D eigenvalue weighted by molar-refractivity contribution is 0.0315. The van der Waals surface area contributed by atoms with Gasteiger partial charge in [0.25, 0.3) is 0 Å². The summed E-state index contributed by atoms with van der Waals surface area (Å²) >= 11 is 3.08. The van der Waals surface area contributed by atoms with Crippen molar-refractivity contribution >= 4 is 21.6 Å². The van der Waals surface area contributed by atoms with Crippen LogP contribution in [0.15, 0.2) is 12.3 Å². The minimum Gasteiger partial charge on any atom is -0.397 e. The highest BCUT2D eigenvalue weighted by molar-refractivity contribution is 9.09. The van der Waals surface area contributed by atoms with Gasteiger partial charge in [0.05, 0.1) is 23.7 Å². The number of aromatic nitrogens is 1. The van der Waals surface area contributed by atoms with Crippen LogP contribution in [0, 0.1) is 6.92 Å². The number of aliphatic hydroxyl groups is 2. The van der Waals surface area contributed by atoms with Crippen molar-refractivity contribution < 1.29 is 10.2 Å². The molecule has 0 spiro atoms. The quantitative estimate of drug-likeness (QED) is 0.702. The van der Waals surface area contributed by atoms with Gasteiger partial charge in [0.2, 0.25) is 0 Å². The zero-order valence-electron chi connectivity index (χ0n) is 7.81. The summed E-state index contributed by atoms with van der Waals surface area (Å²) in [6, 6.07) is 1.67. The Morgan fingerprint density at radius 2 is 2.21 bits per heavy atom. The van der Waals surface area contributed by atoms with Gasteiger partial charge < -0.3 is 15.9 Å². The second-order valence-corrected chi connectivity index (χ2v) is 3.78. The first-order chi connectivity index (χ1) is 6.56. The van der Waals surface area contributed by atoms with Crippen LogP contribution in [0.5, 0.6) is 0 Å². The minimum atomic E-state index is -0.978. The first-order valence-electron chi connectivity index (χ1n) is 4.20. The van der Waals surface area contributed by atoms with Gasteiger partial charge in [-0.2, -0.15) is 0 Å². The van der Waals surface area contributed by atoms with Crippen LogP contribution in [0.2, 0.25) is 0 Å². The molecular formula is C9H13BrN2O2. The fraction of sp³-hybridized carbons (Fsp3) is 0.444. The number of pyridine rings is 1. The number of rotatable bonds is 3. The van der Waals surface area contributed by atoms with Crippen molar-refractivity contribution in [1.82, 2.24) is 4.98 Å². The summed E-state index contributed by atoms with van der Waals surface area (Å²) in [4.78, 5) is 3.95. The molecule has 1 heterocycles. The normalized spacial score (nSPS) is 15.1. The standard InChI is InChI=1S/C9H13BrN2O2/c1-5-2-7(12-4-6(5)11)9(14)8(13)3-10/h2,4,8-9,13-14H,3,11H2,1H3. The van der Waals surface area contributed by atoms with Gasteiger partial charge in [-0.1, -0.05) is 15.9 Å². The number of anilines is 1. The number of alkyl halides is 1. The Kier molecular flexibility index (Phi) is 3.86. The molecule has 0 aliphatic carbocycles. The molecule has 1 aromatic rings. The molecule has 0 saturated carbocycles. The molecule has 0 radical (unpaired) electrons. The largest absolute Gasteiger partial charge is 0.397 e. The van der Waals surface area contributed by atoms with E-state index in [1.54, 1.807) is 6.07 Å². The number of hydrogen-bond donors (Lipinski definition) is 3. The van der Waals surface area contributed by atoms with E-state index in [9.17, 15) is 10.2 Å². The van der Waals surface area contributed by atoms with Crippen LogP contribution in [0.1, 0.15) is 17.4 Å². The molecule has 5 heteroatoms. The third-order valence-electron chi connectivity index (χ3n) is 2.00. The number of hydrogen-bond acceptors (Lipinski definition) is 4. The van der Waals surface area contributed by atoms with E-state index in [1.165, 1.54) is 6.20 Å². The maximum absolute atomic E-state index is 9.62. The number of nitrogens with zero attached hydrogens (tertiary/aromatic N) is 1. The minimum absolute atomic E-state index is 0.305. The van der Waals surface area contributed by atoms with Crippen LogP contribution in [0.25, 0.3) is 0 Å². The Morgan fingerprint density at radius 1 is 1.57 bits per heavy atom. The number of aryl methyl sites for hydroxylation is 1. The molecule has 0 bridgehead atoms. The molecule has 4 N–H and O–H groups in total. The lowest BCUT2D eigenvalue weighted by atomic mass is 10.1. The van der Waals surface area contributed by atoms with Crippen molar-refractivity contribution in [2.24, 2.45) is 0 Å². The van der Waals surface area contributed by atoms with Crippen LogP contribution in [0.3, 0.4) is 0 Å². The van der Waals surface area contributed by atoms with Gasteiger partial charge in [0.1, 0.15) is 6.10 Å². The average Bonchev–Trinajstić information content (AvgIpc) is 2.20. The summed E-state index contributed by atoms with van der Waals surface area (Å²) < 4.78 is 0. The van der Waals surface area contributed by atoms with Crippen molar-refractivity contribution in [3.8, 4) is 0 Å². The van der Waals surface area contributed by atoms with E-state index in [4.69, 9.17) is 5.73 Å². The van der Waals surface area contributed by atoms with Gasteiger partial charge in [-0.3, -0.25) is 4.98 Å². The monoisotopic (exact) mass is 260 g/mol. The second kappa shape index (κ2) is 4.72. The Balaban J connectivity index is 2.91. The van der Waals surface area contributed by atoms with Gasteiger partial charge >= 0.3 is 0 Å². The molecular weight excluding hydrogens is 248 g/mol. The van der Waals surface area contributed by atoms with Crippen LogP contribution in [0.4, 0.5) is 5.69 Å². The molecule has 0 aliphatic rings. The zero-order valence-corrected chi connectivity index (χ0v) is 9.40. The highest BCUT2D eigenvalue weighted by atomic mass is 79.9. The maximum atomic E-state index is 9.62. The summed E-state index contributed by atoms with van der Waals surface area (Å²) in [5.41, 5.74) is 7.44. The van der Waals surface area contributed by atoms with Gasteiger partial charge in [0, 0.05) is 5.33 Å². The van der Waals surface area contributed by atoms with Crippen LogP contribution in [-0.2, 0) is 0 Å². The SMILES string of the molecule is Cc1cc(C(O)C(O)CBr)ncc1N. The second-order valence-electron chi connectivity index (χ2n) is 3.13. The van der Waals surface area contributed by atoms with E-state index < -0.39 is 12.2 Å². The van der Waals surface area contributed by atoms with Crippen molar-refractivity contribution in [3.63, 3.8) is 0 Å². The molecule has 0 aliphatic heterocycles. The predicted molar refractivity (Wildman–Crippen MR) is 58.1 cm³/mol. The van der Waals surface area contributed by atoms with E-state index in [0.29, 0.717) is 16.7 Å². The van der Waals surface area contributed by atoms with Gasteiger partial charge in [-0.05, 0) is 18.6 Å². The third-order valence-corrected chi connectivity index (χ3v) is 2.66. The van der Waals surface area contributed by atoms with Crippen molar-refractivity contribution in [1.29, 1.82) is 0 Å². The van der Waals surface area contributed by atoms with Crippen LogP contribution >= 0.6 is 15.9 Å². The van der Waals surface area contributed by atoms with E-state index in [1.807, 2.05) is 6.92 Å². The predicted octanol–water partition coefficient (Wildman–Crippen LogP) is 0.761. The molecule has 1 rings (SSSR count). The average molecular weight is 261 g/mol. The molecule has 0 fully saturated rings. The fourth-order valence-corrected chi connectivity index (χ4v) is 1.39. The van der Waals surface area contributed by atoms with Gasteiger partial charge in [-0.15, -0.1) is 0 Å². The first kappa shape index (κ1) is 11.4. The molecule has 78 valence electrons. The smallest absolute Gasteiger partial charge is 0.123 e. The fourth-order valence-electron chi connectivity index (χ4n) is 1.03. The van der Waals surface area contributed by atoms with Crippen LogP contribution < -0.4 is 5.73 Å². The summed E-state index contributed by atoms with van der Waals surface area (Å²) in [5, 5.41) is 19.3. The summed E-state index contributed by atoms with van der Waals surface area (Å²) in [5.74, 6) is 0. The Labute approximate surface area is 90.9 Å². The number of halogens is 1. The van der Waals surface area contributed by atoms with E-state index >= 15 is 0 Å². The molecule has 14 heavy (non-hydrogen) atoms. The lowest BCUT2D eigenvalue weighted by Gasteiger charge is -2.15. The van der Waals surface area contributed by atoms with Gasteiger partial charge in [-0.25, -0.2) is 0 Å². The molecule has 0 amide bonds. The first-order valence-corrected chi connectivity index (χ1v) is 5.32. The molecule has 0 saturated heterocycles. The number of nitrogens with two attached hydrogens (primary N) is 1. The van der Waals surface area contributed by atoms with E-state index in [-0.39, 0.29) is 0 Å². The summed E-state index contributed by atoms with van der Waals surface area (Å²) in [7, 11) is 0. The molecule has 2 unspecified atom stereocenters. The Bertz CT molecular complexity index is 320. The molecule has 1 aromatic heterocycles. The highest BCUT2D eigenvalue weighted by Gasteiger charge is 2.18. The van der Waals surface area contributed by atoms with E-state index in [2.05, 4.69) is 20.9 Å². The maximum Gasteiger partial charge on any atom is 0.123 e. The topological polar surface area (TPSA) is 79.4 Å². The summed E-state index contributed by atoms with van der Waals surface area (Å²) in [6.45, 7) is 1.83. The molecule has 2 atom stereocenters. The highest BCUT2D eigenvalue weighted by Crippen LogP contribution is 2.19. The Hall–Kier alpha value is -0.650. The number of nitrogen functional groups attached to an aromatic ring is 1. The van der Waals surface area contributed by atoms with E-state index in [0.717, 1.165) is 5.56 Å². The lowest BCUT2D eigenvalue weighted by Crippen LogP contribution is -2.20. The van der Waals surface area contributed by atoms with Crippen molar-refractivity contribution in [2.75, 3.05) is 11.1 Å². The van der Waals surface area contributed by atoms with Gasteiger partial charge in [0.15, 0.2) is 0 Å². The van der Waals surface area contributed by atoms with Crippen LogP contribution in [-0.4, -0.2) is 26.6 Å². The third kappa shape index (κ3) is 2.43. The van der Waals surface area contributed by atoms with Crippen molar-refractivity contribution in [2.45, 2.75) is 19.1 Å². The Morgan fingerprint density at radius 3 is 2.71 bits per heavy atom. The molecule has 0 aromatic carbocycles. The molecule has 4 nitrogen and oxygen atoms in total. The zero-order chi connectivity index (χ0) is 10.7. The van der Waals surface area contributed by atoms with Crippen molar-refractivity contribution in [3.05, 3.63) is 23.5 Å². The summed E-state index contributed by atoms with van der Waals surface area (Å²) in [6.07, 6.45) is -0.353. The number of aliphatic hydroxyl groups excluding tert-OH is 2.